The fourth-order valence-corrected chi connectivity index (χ4v) is 3.76. The highest BCUT2D eigenvalue weighted by Crippen LogP contribution is 2.35. The molecule has 7 nitrogen and oxygen atoms in total. The monoisotopic (exact) mass is 327 g/mol. The lowest BCUT2D eigenvalue weighted by Gasteiger charge is -2.40. The number of hydrogen-bond donors (Lipinski definition) is 1. The van der Waals surface area contributed by atoms with Gasteiger partial charge in [-0.15, -0.1) is 0 Å². The number of carbonyl (C=O) groups is 1. The van der Waals surface area contributed by atoms with Crippen LogP contribution in [0.1, 0.15) is 45.7 Å². The van der Waals surface area contributed by atoms with Gasteiger partial charge in [-0.1, -0.05) is 0 Å². The normalized spacial score (nSPS) is 17.6. The number of carbonyl (C=O) groups excluding carboxylic acids is 1. The molecule has 122 valence electrons. The van der Waals surface area contributed by atoms with E-state index in [1.807, 2.05) is 0 Å². The molecule has 0 amide bonds. The number of rotatable bonds is 4. The lowest BCUT2D eigenvalue weighted by Crippen LogP contribution is -2.60. The van der Waals surface area contributed by atoms with Crippen molar-refractivity contribution < 1.29 is 17.9 Å². The average molecular weight is 327 g/mol. The van der Waals surface area contributed by atoms with Gasteiger partial charge in [0.05, 0.1) is 5.69 Å². The van der Waals surface area contributed by atoms with Gasteiger partial charge in [-0.05, 0) is 47.0 Å². The zero-order chi connectivity index (χ0) is 16.6. The van der Waals surface area contributed by atoms with Crippen molar-refractivity contribution in [1.29, 1.82) is 0 Å². The van der Waals surface area contributed by atoms with Crippen molar-refractivity contribution in [2.75, 3.05) is 0 Å². The molecule has 0 radical (unpaired) electrons. The van der Waals surface area contributed by atoms with Crippen LogP contribution in [0.2, 0.25) is 0 Å². The second-order valence-corrected chi connectivity index (χ2v) is 8.09. The summed E-state index contributed by atoms with van der Waals surface area (Å²) < 4.78 is 32.9. The Balaban J connectivity index is 2.27. The Bertz CT molecular complexity index is 676. The van der Waals surface area contributed by atoms with Crippen LogP contribution in [0.4, 0.5) is 0 Å². The third kappa shape index (κ3) is 3.44. The Morgan fingerprint density at radius 2 is 1.86 bits per heavy atom. The second kappa shape index (κ2) is 5.58. The standard InChI is InChI=1S/C14H21N3O4S/c1-10-11(16-9-8-15-10)22(19,20)17-14(6-5-7-14)12(18)21-13(2,3)4/h8-9,17H,5-7H2,1-4H3. The Morgan fingerprint density at radius 1 is 1.27 bits per heavy atom. The predicted molar refractivity (Wildman–Crippen MR) is 79.5 cm³/mol. The molecule has 1 fully saturated rings. The molecule has 0 bridgehead atoms. The minimum absolute atomic E-state index is 0.162. The molecular weight excluding hydrogens is 306 g/mol. The highest BCUT2D eigenvalue weighted by molar-refractivity contribution is 7.89. The quantitative estimate of drug-likeness (QED) is 0.838. The molecule has 0 aromatic carbocycles. The molecule has 0 unspecified atom stereocenters. The van der Waals surface area contributed by atoms with Crippen LogP contribution >= 0.6 is 0 Å². The summed E-state index contributed by atoms with van der Waals surface area (Å²) in [4.78, 5) is 20.2. The lowest BCUT2D eigenvalue weighted by molar-refractivity contribution is -0.166. The van der Waals surface area contributed by atoms with E-state index in [2.05, 4.69) is 14.7 Å². The molecule has 1 heterocycles. The van der Waals surface area contributed by atoms with Crippen LogP contribution in [0.15, 0.2) is 17.4 Å². The largest absolute Gasteiger partial charge is 0.459 e. The van der Waals surface area contributed by atoms with E-state index in [4.69, 9.17) is 4.74 Å². The maximum atomic E-state index is 12.5. The van der Waals surface area contributed by atoms with Crippen molar-refractivity contribution in [1.82, 2.24) is 14.7 Å². The molecule has 0 aliphatic heterocycles. The predicted octanol–water partition coefficient (Wildman–Crippen LogP) is 1.33. The number of esters is 1. The van der Waals surface area contributed by atoms with Crippen LogP contribution in [-0.4, -0.2) is 35.5 Å². The first-order valence-electron chi connectivity index (χ1n) is 7.11. The maximum Gasteiger partial charge on any atom is 0.327 e. The van der Waals surface area contributed by atoms with Gasteiger partial charge in [0.2, 0.25) is 0 Å². The number of hydrogen-bond acceptors (Lipinski definition) is 6. The van der Waals surface area contributed by atoms with Gasteiger partial charge in [-0.2, -0.15) is 4.72 Å². The maximum absolute atomic E-state index is 12.5. The first kappa shape index (κ1) is 16.8. The molecule has 1 aromatic rings. The van der Waals surface area contributed by atoms with Gasteiger partial charge in [-0.25, -0.2) is 18.2 Å². The van der Waals surface area contributed by atoms with Gasteiger partial charge in [0.15, 0.2) is 5.03 Å². The first-order chi connectivity index (χ1) is 10.1. The van der Waals surface area contributed by atoms with Crippen molar-refractivity contribution >= 4 is 16.0 Å². The smallest absolute Gasteiger partial charge is 0.327 e. The fourth-order valence-electron chi connectivity index (χ4n) is 2.22. The third-order valence-corrected chi connectivity index (χ3v) is 4.99. The Kier molecular flexibility index (Phi) is 4.27. The molecule has 0 saturated heterocycles. The second-order valence-electron chi connectivity index (χ2n) is 6.49. The zero-order valence-corrected chi connectivity index (χ0v) is 14.0. The summed E-state index contributed by atoms with van der Waals surface area (Å²) in [5.74, 6) is -0.545. The zero-order valence-electron chi connectivity index (χ0n) is 13.2. The van der Waals surface area contributed by atoms with Gasteiger partial charge in [0.25, 0.3) is 10.0 Å². The van der Waals surface area contributed by atoms with Crippen LogP contribution in [-0.2, 0) is 19.6 Å². The van der Waals surface area contributed by atoms with Crippen molar-refractivity contribution in [3.8, 4) is 0 Å². The van der Waals surface area contributed by atoms with Crippen LogP contribution in [0, 0.1) is 6.92 Å². The number of nitrogens with one attached hydrogen (secondary N) is 1. The molecule has 1 aliphatic rings. The molecular formula is C14H21N3O4S. The summed E-state index contributed by atoms with van der Waals surface area (Å²) in [5.41, 5.74) is -1.59. The number of ether oxygens (including phenoxy) is 1. The SMILES string of the molecule is Cc1nccnc1S(=O)(=O)NC1(C(=O)OC(C)(C)C)CCC1. The number of aromatic nitrogens is 2. The molecule has 22 heavy (non-hydrogen) atoms. The molecule has 1 aromatic heterocycles. The third-order valence-electron chi connectivity index (χ3n) is 3.42. The van der Waals surface area contributed by atoms with Gasteiger partial charge < -0.3 is 4.74 Å². The summed E-state index contributed by atoms with van der Waals surface area (Å²) in [6.45, 7) is 6.80. The van der Waals surface area contributed by atoms with Crippen molar-refractivity contribution in [3.05, 3.63) is 18.1 Å². The summed E-state index contributed by atoms with van der Waals surface area (Å²) in [6.07, 6.45) is 4.33. The van der Waals surface area contributed by atoms with E-state index in [0.29, 0.717) is 12.8 Å². The first-order valence-corrected chi connectivity index (χ1v) is 8.59. The Hall–Kier alpha value is -1.54. The Morgan fingerprint density at radius 3 is 2.32 bits per heavy atom. The minimum Gasteiger partial charge on any atom is -0.459 e. The molecule has 8 heteroatoms. The van der Waals surface area contributed by atoms with Crippen molar-refractivity contribution in [2.24, 2.45) is 0 Å². The van der Waals surface area contributed by atoms with E-state index < -0.39 is 27.1 Å². The number of sulfonamides is 1. The topological polar surface area (TPSA) is 98.3 Å². The summed E-state index contributed by atoms with van der Waals surface area (Å²) in [5, 5.41) is -0.162. The van der Waals surface area contributed by atoms with E-state index in [9.17, 15) is 13.2 Å². The van der Waals surface area contributed by atoms with Gasteiger partial charge in [-0.3, -0.25) is 4.98 Å². The van der Waals surface area contributed by atoms with Crippen molar-refractivity contribution in [3.63, 3.8) is 0 Å². The minimum atomic E-state index is -3.93. The summed E-state index contributed by atoms with van der Waals surface area (Å²) in [7, 11) is -3.93. The lowest BCUT2D eigenvalue weighted by atomic mass is 9.77. The number of aryl methyl sites for hydroxylation is 1. The van der Waals surface area contributed by atoms with E-state index in [-0.39, 0.29) is 10.7 Å². The molecule has 0 atom stereocenters. The highest BCUT2D eigenvalue weighted by Gasteiger charge is 2.50. The summed E-state index contributed by atoms with van der Waals surface area (Å²) >= 11 is 0. The van der Waals surface area contributed by atoms with Crippen molar-refractivity contribution in [2.45, 2.75) is 63.1 Å². The van der Waals surface area contributed by atoms with E-state index in [0.717, 1.165) is 6.42 Å². The molecule has 1 aliphatic carbocycles. The van der Waals surface area contributed by atoms with Crippen LogP contribution in [0.3, 0.4) is 0 Å². The van der Waals surface area contributed by atoms with E-state index in [1.54, 1.807) is 27.7 Å². The van der Waals surface area contributed by atoms with E-state index >= 15 is 0 Å². The van der Waals surface area contributed by atoms with Crippen LogP contribution < -0.4 is 4.72 Å². The van der Waals surface area contributed by atoms with Crippen LogP contribution in [0.5, 0.6) is 0 Å². The van der Waals surface area contributed by atoms with Gasteiger partial charge in [0, 0.05) is 12.4 Å². The molecule has 1 saturated carbocycles. The van der Waals surface area contributed by atoms with Gasteiger partial charge >= 0.3 is 5.97 Å². The van der Waals surface area contributed by atoms with Gasteiger partial charge in [0.1, 0.15) is 11.1 Å². The summed E-state index contributed by atoms with van der Waals surface area (Å²) in [6, 6.07) is 0. The molecule has 2 rings (SSSR count). The fraction of sp³-hybridized carbons (Fsp3) is 0.643. The Labute approximate surface area is 130 Å². The van der Waals surface area contributed by atoms with Crippen LogP contribution in [0.25, 0.3) is 0 Å². The highest BCUT2D eigenvalue weighted by atomic mass is 32.2. The van der Waals surface area contributed by atoms with E-state index in [1.165, 1.54) is 12.4 Å². The number of nitrogens with zero attached hydrogens (tertiary/aromatic N) is 2. The average Bonchev–Trinajstić information content (AvgIpc) is 2.32. The molecule has 1 N–H and O–H groups in total. The molecule has 0 spiro atoms.